The van der Waals surface area contributed by atoms with Crippen LogP contribution in [0.2, 0.25) is 0 Å². The van der Waals surface area contributed by atoms with Crippen molar-refractivity contribution < 1.29 is 14.3 Å². The molecule has 2 fully saturated rings. The Morgan fingerprint density at radius 1 is 1.08 bits per heavy atom. The lowest BCUT2D eigenvalue weighted by atomic mass is 9.94. The molecule has 2 aliphatic heterocycles. The molecule has 2 bridgehead atoms. The quantitative estimate of drug-likeness (QED) is 0.591. The van der Waals surface area contributed by atoms with Gasteiger partial charge < -0.3 is 19.9 Å². The summed E-state index contributed by atoms with van der Waals surface area (Å²) in [5, 5.41) is 11.5. The molecule has 36 heavy (non-hydrogen) atoms. The predicted octanol–water partition coefficient (Wildman–Crippen LogP) is 4.84. The number of fused-ring (bicyclic) bond motifs is 2. The number of nitrogens with two attached hydrogens (primary N) is 1. The van der Waals surface area contributed by atoms with Gasteiger partial charge in [-0.2, -0.15) is 0 Å². The van der Waals surface area contributed by atoms with E-state index in [1.807, 2.05) is 39.8 Å². The minimum Gasteiger partial charge on any atom is -0.444 e. The van der Waals surface area contributed by atoms with Gasteiger partial charge >= 0.3 is 6.09 Å². The van der Waals surface area contributed by atoms with Crippen LogP contribution in [0.3, 0.4) is 0 Å². The van der Waals surface area contributed by atoms with Crippen molar-refractivity contribution in [3.05, 3.63) is 41.5 Å². The van der Waals surface area contributed by atoms with Crippen LogP contribution in [-0.4, -0.2) is 49.3 Å². The van der Waals surface area contributed by atoms with Crippen LogP contribution in [0.5, 0.6) is 0 Å². The van der Waals surface area contributed by atoms with Crippen molar-refractivity contribution in [3.8, 4) is 0 Å². The molecule has 9 nitrogen and oxygen atoms in total. The van der Waals surface area contributed by atoms with Crippen molar-refractivity contribution in [2.45, 2.75) is 109 Å². The lowest BCUT2D eigenvalue weighted by Crippen LogP contribution is -2.47. The highest BCUT2D eigenvalue weighted by molar-refractivity contribution is 5.85. The number of hydrogen-bond acceptors (Lipinski definition) is 6. The molecular weight excluding hydrogens is 456 g/mol. The van der Waals surface area contributed by atoms with Gasteiger partial charge in [-0.15, -0.1) is 10.2 Å². The first-order valence-electron chi connectivity index (χ1n) is 13.0. The number of carbonyl (C=O) groups excluding carboxylic acids is 2. The number of carbonyl (C=O) groups is 2. The number of rotatable bonds is 6. The molecule has 0 spiro atoms. The summed E-state index contributed by atoms with van der Waals surface area (Å²) in [4.78, 5) is 27.5. The van der Waals surface area contributed by atoms with Gasteiger partial charge in [0.2, 0.25) is 5.91 Å². The zero-order chi connectivity index (χ0) is 26.2. The number of ether oxygens (including phenoxy) is 1. The topological polar surface area (TPSA) is 115 Å². The Balaban J connectivity index is 1.36. The molecular formula is C27H40N6O3. The standard InChI is InChI=1S/C27H40N6O3/c1-16(2)25-31-30-17(3)32(25)22-13-20-11-12-21(14-22)33(20)24(34)15-23(28)18-7-9-19(10-8-18)29-26(35)36-27(4,5)6/h7-10,16,20-23H,11-15,28H2,1-6H3,(H,29,35)/t20?,21?,22?,23-/m0/s1. The summed E-state index contributed by atoms with van der Waals surface area (Å²) in [6, 6.07) is 7.67. The van der Waals surface area contributed by atoms with Gasteiger partial charge in [-0.3, -0.25) is 10.1 Å². The first kappa shape index (κ1) is 26.1. The maximum absolute atomic E-state index is 13.4. The van der Waals surface area contributed by atoms with E-state index in [2.05, 4.69) is 38.8 Å². The molecule has 2 aliphatic rings. The molecule has 3 N–H and O–H groups in total. The number of anilines is 1. The van der Waals surface area contributed by atoms with Crippen LogP contribution in [0.15, 0.2) is 24.3 Å². The first-order chi connectivity index (χ1) is 16.9. The van der Waals surface area contributed by atoms with Crippen LogP contribution in [-0.2, 0) is 9.53 Å². The Labute approximate surface area is 213 Å². The summed E-state index contributed by atoms with van der Waals surface area (Å²) >= 11 is 0. The summed E-state index contributed by atoms with van der Waals surface area (Å²) in [6.45, 7) is 11.8. The minimum atomic E-state index is -0.564. The predicted molar refractivity (Wildman–Crippen MR) is 139 cm³/mol. The minimum absolute atomic E-state index is 0.119. The van der Waals surface area contributed by atoms with Crippen LogP contribution < -0.4 is 11.1 Å². The van der Waals surface area contributed by atoms with Crippen molar-refractivity contribution in [1.29, 1.82) is 0 Å². The summed E-state index contributed by atoms with van der Waals surface area (Å²) < 4.78 is 7.59. The van der Waals surface area contributed by atoms with Crippen molar-refractivity contribution in [2.24, 2.45) is 5.73 Å². The highest BCUT2D eigenvalue weighted by atomic mass is 16.6. The fraction of sp³-hybridized carbons (Fsp3) is 0.630. The molecule has 4 rings (SSSR count). The molecule has 1 aromatic carbocycles. The molecule has 196 valence electrons. The molecule has 1 aromatic heterocycles. The van der Waals surface area contributed by atoms with Crippen molar-refractivity contribution in [3.63, 3.8) is 0 Å². The normalized spacial score (nSPS) is 22.6. The van der Waals surface area contributed by atoms with E-state index in [0.29, 0.717) is 17.6 Å². The van der Waals surface area contributed by atoms with Crippen molar-refractivity contribution in [2.75, 3.05) is 5.32 Å². The molecule has 9 heteroatoms. The number of aromatic nitrogens is 3. The lowest BCUT2D eigenvalue weighted by molar-refractivity contribution is -0.136. The number of piperidine rings is 1. The summed E-state index contributed by atoms with van der Waals surface area (Å²) in [7, 11) is 0. The van der Waals surface area contributed by atoms with Crippen molar-refractivity contribution >= 4 is 17.7 Å². The molecule has 0 saturated carbocycles. The third kappa shape index (κ3) is 5.72. The van der Waals surface area contributed by atoms with E-state index < -0.39 is 17.7 Å². The molecule has 3 heterocycles. The van der Waals surface area contributed by atoms with Crippen LogP contribution in [0.4, 0.5) is 10.5 Å². The maximum Gasteiger partial charge on any atom is 0.412 e. The zero-order valence-electron chi connectivity index (χ0n) is 22.3. The van der Waals surface area contributed by atoms with Crippen LogP contribution in [0.25, 0.3) is 0 Å². The Kier molecular flexibility index (Phi) is 7.41. The summed E-state index contributed by atoms with van der Waals surface area (Å²) in [5.74, 6) is 2.42. The van der Waals surface area contributed by atoms with Gasteiger partial charge in [-0.1, -0.05) is 26.0 Å². The van der Waals surface area contributed by atoms with Gasteiger partial charge in [0.05, 0.1) is 0 Å². The molecule has 3 atom stereocenters. The largest absolute Gasteiger partial charge is 0.444 e. The second-order valence-electron chi connectivity index (χ2n) is 11.5. The number of aryl methyl sites for hydroxylation is 1. The van der Waals surface area contributed by atoms with Crippen LogP contribution in [0.1, 0.15) is 102 Å². The highest BCUT2D eigenvalue weighted by Crippen LogP contribution is 2.42. The van der Waals surface area contributed by atoms with E-state index in [1.165, 1.54) is 0 Å². The molecule has 2 aromatic rings. The Morgan fingerprint density at radius 3 is 2.25 bits per heavy atom. The summed E-state index contributed by atoms with van der Waals surface area (Å²) in [6.07, 6.45) is 3.69. The summed E-state index contributed by atoms with van der Waals surface area (Å²) in [5.41, 5.74) is 7.37. The Morgan fingerprint density at radius 2 is 1.69 bits per heavy atom. The molecule has 2 saturated heterocycles. The van der Waals surface area contributed by atoms with E-state index in [4.69, 9.17) is 10.5 Å². The molecule has 0 radical (unpaired) electrons. The lowest BCUT2D eigenvalue weighted by Gasteiger charge is -2.40. The first-order valence-corrected chi connectivity index (χ1v) is 13.0. The van der Waals surface area contributed by atoms with E-state index in [1.54, 1.807) is 12.1 Å². The Hall–Kier alpha value is -2.94. The number of amides is 2. The zero-order valence-corrected chi connectivity index (χ0v) is 22.3. The van der Waals surface area contributed by atoms with Gasteiger partial charge in [0, 0.05) is 42.2 Å². The SMILES string of the molecule is Cc1nnc(C(C)C)n1C1CC2CCC(C1)N2C(=O)C[C@H](N)c1ccc(NC(=O)OC(C)(C)C)cc1. The highest BCUT2D eigenvalue weighted by Gasteiger charge is 2.44. The van der Waals surface area contributed by atoms with Crippen molar-refractivity contribution in [1.82, 2.24) is 19.7 Å². The monoisotopic (exact) mass is 496 g/mol. The second kappa shape index (κ2) is 10.2. The molecule has 0 aliphatic carbocycles. The fourth-order valence-electron chi connectivity index (χ4n) is 5.64. The maximum atomic E-state index is 13.4. The van der Waals surface area contributed by atoms with Gasteiger partial charge in [0.15, 0.2) is 0 Å². The molecule has 2 unspecified atom stereocenters. The van der Waals surface area contributed by atoms with E-state index in [0.717, 1.165) is 42.9 Å². The Bertz CT molecular complexity index is 1070. The van der Waals surface area contributed by atoms with Crippen LogP contribution >= 0.6 is 0 Å². The number of nitrogens with zero attached hydrogens (tertiary/aromatic N) is 4. The van der Waals surface area contributed by atoms with E-state index in [9.17, 15) is 9.59 Å². The molecule has 2 amide bonds. The third-order valence-corrected chi connectivity index (χ3v) is 7.15. The fourth-order valence-corrected chi connectivity index (χ4v) is 5.64. The number of hydrogen-bond donors (Lipinski definition) is 2. The van der Waals surface area contributed by atoms with Gasteiger partial charge in [0.1, 0.15) is 17.2 Å². The second-order valence-corrected chi connectivity index (χ2v) is 11.5. The van der Waals surface area contributed by atoms with E-state index >= 15 is 0 Å². The average Bonchev–Trinajstić information content (AvgIpc) is 3.29. The smallest absolute Gasteiger partial charge is 0.412 e. The third-order valence-electron chi connectivity index (χ3n) is 7.15. The van der Waals surface area contributed by atoms with E-state index in [-0.39, 0.29) is 24.4 Å². The van der Waals surface area contributed by atoms with Gasteiger partial charge in [-0.25, -0.2) is 4.79 Å². The van der Waals surface area contributed by atoms with Crippen LogP contribution in [0, 0.1) is 6.92 Å². The number of benzene rings is 1. The van der Waals surface area contributed by atoms with Gasteiger partial charge in [-0.05, 0) is 71.1 Å². The van der Waals surface area contributed by atoms with Gasteiger partial charge in [0.25, 0.3) is 0 Å². The average molecular weight is 497 g/mol. The number of nitrogens with one attached hydrogen (secondary N) is 1.